The summed E-state index contributed by atoms with van der Waals surface area (Å²) in [5, 5.41) is 11.7. The van der Waals surface area contributed by atoms with E-state index in [1.165, 1.54) is 17.0 Å². The molecule has 2 aromatic carbocycles. The molecule has 0 spiro atoms. The Morgan fingerprint density at radius 3 is 2.54 bits per heavy atom. The summed E-state index contributed by atoms with van der Waals surface area (Å²) >= 11 is 0. The van der Waals surface area contributed by atoms with Crippen molar-refractivity contribution in [2.24, 2.45) is 11.8 Å². The third-order valence-corrected chi connectivity index (χ3v) is 4.82. The van der Waals surface area contributed by atoms with Crippen LogP contribution in [0.2, 0.25) is 0 Å². The van der Waals surface area contributed by atoms with Gasteiger partial charge in [-0.1, -0.05) is 31.2 Å². The fourth-order valence-corrected chi connectivity index (χ4v) is 3.20. The van der Waals surface area contributed by atoms with Crippen LogP contribution in [0, 0.1) is 17.7 Å². The van der Waals surface area contributed by atoms with Crippen LogP contribution < -0.4 is 10.2 Å². The zero-order valence-corrected chi connectivity index (χ0v) is 15.4. The summed E-state index contributed by atoms with van der Waals surface area (Å²) in [7, 11) is 0. The van der Waals surface area contributed by atoms with Gasteiger partial charge in [-0.15, -0.1) is 0 Å². The second kappa shape index (κ2) is 8.21. The quantitative estimate of drug-likeness (QED) is 0.801. The second-order valence-corrected chi connectivity index (χ2v) is 6.99. The number of anilines is 2. The molecule has 0 aromatic heterocycles. The highest BCUT2D eigenvalue weighted by Gasteiger charge is 2.36. The van der Waals surface area contributed by atoms with Gasteiger partial charge in [0.2, 0.25) is 11.8 Å². The number of rotatable bonds is 6. The number of carbonyl (C=O) groups is 3. The molecule has 1 aliphatic rings. The average Bonchev–Trinajstić information content (AvgIpc) is 3.05. The minimum absolute atomic E-state index is 0.0222. The van der Waals surface area contributed by atoms with Crippen molar-refractivity contribution in [1.29, 1.82) is 0 Å². The largest absolute Gasteiger partial charge is 0.481 e. The number of hydrogen-bond acceptors (Lipinski definition) is 3. The number of nitrogens with zero attached hydrogens (tertiary/aromatic N) is 1. The number of benzene rings is 2. The molecule has 1 heterocycles. The molecule has 2 unspecified atom stereocenters. The Morgan fingerprint density at radius 1 is 1.21 bits per heavy atom. The van der Waals surface area contributed by atoms with Crippen LogP contribution in [0.15, 0.2) is 48.5 Å². The lowest BCUT2D eigenvalue weighted by Crippen LogP contribution is -2.28. The highest BCUT2D eigenvalue weighted by molar-refractivity contribution is 6.03. The molecule has 0 bridgehead atoms. The van der Waals surface area contributed by atoms with Gasteiger partial charge in [0.15, 0.2) is 0 Å². The maximum absolute atomic E-state index is 13.9. The van der Waals surface area contributed by atoms with Crippen LogP contribution in [-0.2, 0) is 20.8 Å². The number of aliphatic carboxylic acids is 1. The third kappa shape index (κ3) is 4.36. The zero-order valence-electron chi connectivity index (χ0n) is 15.4. The topological polar surface area (TPSA) is 86.7 Å². The molecule has 0 saturated carbocycles. The molecule has 1 saturated heterocycles. The Kier molecular flexibility index (Phi) is 5.73. The highest BCUT2D eigenvalue weighted by atomic mass is 19.1. The van der Waals surface area contributed by atoms with Crippen molar-refractivity contribution in [2.75, 3.05) is 16.8 Å². The van der Waals surface area contributed by atoms with Crippen molar-refractivity contribution in [1.82, 2.24) is 0 Å². The van der Waals surface area contributed by atoms with Crippen LogP contribution in [0.4, 0.5) is 15.8 Å². The van der Waals surface area contributed by atoms with E-state index < -0.39 is 23.6 Å². The molecule has 1 aliphatic heterocycles. The predicted octanol–water partition coefficient (Wildman–Crippen LogP) is 3.08. The van der Waals surface area contributed by atoms with E-state index in [-0.39, 0.29) is 30.5 Å². The number of nitrogens with one attached hydrogen (secondary N) is 1. The van der Waals surface area contributed by atoms with E-state index in [9.17, 15) is 18.8 Å². The van der Waals surface area contributed by atoms with Gasteiger partial charge in [-0.05, 0) is 36.2 Å². The number of amides is 2. The summed E-state index contributed by atoms with van der Waals surface area (Å²) in [6, 6.07) is 12.9. The van der Waals surface area contributed by atoms with Gasteiger partial charge in [0.25, 0.3) is 0 Å². The minimum atomic E-state index is -0.859. The van der Waals surface area contributed by atoms with Crippen LogP contribution >= 0.6 is 0 Å². The molecule has 28 heavy (non-hydrogen) atoms. The molecule has 0 aliphatic carbocycles. The summed E-state index contributed by atoms with van der Waals surface area (Å²) < 4.78 is 13.9. The van der Waals surface area contributed by atoms with Crippen LogP contribution in [0.3, 0.4) is 0 Å². The van der Waals surface area contributed by atoms with Crippen LogP contribution in [-0.4, -0.2) is 29.4 Å². The molecular formula is C21H21FN2O4. The maximum atomic E-state index is 13.9. The van der Waals surface area contributed by atoms with E-state index in [1.54, 1.807) is 43.3 Å². The smallest absolute Gasteiger partial charge is 0.306 e. The summed E-state index contributed by atoms with van der Waals surface area (Å²) in [5.41, 5.74) is 1.60. The van der Waals surface area contributed by atoms with Crippen LogP contribution in [0.1, 0.15) is 18.9 Å². The fourth-order valence-electron chi connectivity index (χ4n) is 3.20. The molecular weight excluding hydrogens is 363 g/mol. The van der Waals surface area contributed by atoms with Gasteiger partial charge in [-0.3, -0.25) is 14.4 Å². The molecule has 146 valence electrons. The van der Waals surface area contributed by atoms with E-state index in [2.05, 4.69) is 5.32 Å². The molecule has 2 amide bonds. The summed E-state index contributed by atoms with van der Waals surface area (Å²) in [5.74, 6) is -3.01. The third-order valence-electron chi connectivity index (χ3n) is 4.82. The first-order valence-corrected chi connectivity index (χ1v) is 9.02. The molecule has 6 nitrogen and oxygen atoms in total. The normalized spacial score (nSPS) is 17.4. The summed E-state index contributed by atoms with van der Waals surface area (Å²) in [6.07, 6.45) is 0.423. The summed E-state index contributed by atoms with van der Waals surface area (Å²) in [6.45, 7) is 1.76. The number of carboxylic acids is 1. The molecule has 7 heteroatoms. The van der Waals surface area contributed by atoms with E-state index in [0.717, 1.165) is 5.56 Å². The Morgan fingerprint density at radius 2 is 1.89 bits per heavy atom. The van der Waals surface area contributed by atoms with E-state index in [1.807, 2.05) is 0 Å². The number of hydrogen-bond donors (Lipinski definition) is 2. The standard InChI is InChI=1S/C21H21FN2O4/c1-13(21(27)28)10-14-6-8-16(9-7-14)23-20(26)15-11-19(25)24(12-15)18-5-3-2-4-17(18)22/h2-9,13,15H,10-12H2,1H3,(H,23,26)(H,27,28). The number of para-hydroxylation sites is 1. The number of carboxylic acid groups (broad SMARTS) is 1. The van der Waals surface area contributed by atoms with Gasteiger partial charge in [0.1, 0.15) is 5.82 Å². The number of carbonyl (C=O) groups excluding carboxylic acids is 2. The van der Waals surface area contributed by atoms with Gasteiger partial charge in [-0.2, -0.15) is 0 Å². The first-order chi connectivity index (χ1) is 13.3. The second-order valence-electron chi connectivity index (χ2n) is 6.99. The fraction of sp³-hybridized carbons (Fsp3) is 0.286. The van der Waals surface area contributed by atoms with Crippen molar-refractivity contribution in [2.45, 2.75) is 19.8 Å². The Balaban J connectivity index is 1.62. The Hall–Kier alpha value is -3.22. The molecule has 0 radical (unpaired) electrons. The first kappa shape index (κ1) is 19.5. The van der Waals surface area contributed by atoms with Crippen molar-refractivity contribution in [3.8, 4) is 0 Å². The zero-order chi connectivity index (χ0) is 20.3. The van der Waals surface area contributed by atoms with Gasteiger partial charge >= 0.3 is 5.97 Å². The van der Waals surface area contributed by atoms with Crippen molar-refractivity contribution >= 4 is 29.2 Å². The van der Waals surface area contributed by atoms with E-state index >= 15 is 0 Å². The first-order valence-electron chi connectivity index (χ1n) is 9.02. The Bertz CT molecular complexity index is 898. The van der Waals surface area contributed by atoms with Crippen LogP contribution in [0.5, 0.6) is 0 Å². The molecule has 3 rings (SSSR count). The van der Waals surface area contributed by atoms with Gasteiger partial charge in [-0.25, -0.2) is 4.39 Å². The van der Waals surface area contributed by atoms with Crippen LogP contribution in [0.25, 0.3) is 0 Å². The lowest BCUT2D eigenvalue weighted by atomic mass is 10.0. The highest BCUT2D eigenvalue weighted by Crippen LogP contribution is 2.28. The van der Waals surface area contributed by atoms with E-state index in [0.29, 0.717) is 12.1 Å². The minimum Gasteiger partial charge on any atom is -0.481 e. The van der Waals surface area contributed by atoms with Crippen molar-refractivity contribution < 1.29 is 23.9 Å². The summed E-state index contributed by atoms with van der Waals surface area (Å²) in [4.78, 5) is 37.0. The SMILES string of the molecule is CC(Cc1ccc(NC(=O)C2CC(=O)N(c3ccccc3F)C2)cc1)C(=O)O. The monoisotopic (exact) mass is 384 g/mol. The Labute approximate surface area is 162 Å². The number of halogens is 1. The maximum Gasteiger partial charge on any atom is 0.306 e. The van der Waals surface area contributed by atoms with Crippen molar-refractivity contribution in [3.05, 3.63) is 59.9 Å². The van der Waals surface area contributed by atoms with Gasteiger partial charge in [0, 0.05) is 18.7 Å². The van der Waals surface area contributed by atoms with E-state index in [4.69, 9.17) is 5.11 Å². The predicted molar refractivity (Wildman–Crippen MR) is 102 cm³/mol. The van der Waals surface area contributed by atoms with Gasteiger partial charge in [0.05, 0.1) is 17.5 Å². The molecule has 2 N–H and O–H groups in total. The van der Waals surface area contributed by atoms with Gasteiger partial charge < -0.3 is 15.3 Å². The molecule has 2 atom stereocenters. The van der Waals surface area contributed by atoms with Crippen molar-refractivity contribution in [3.63, 3.8) is 0 Å². The lowest BCUT2D eigenvalue weighted by Gasteiger charge is -2.17. The molecule has 2 aromatic rings. The lowest BCUT2D eigenvalue weighted by molar-refractivity contribution is -0.141. The average molecular weight is 384 g/mol. The molecule has 1 fully saturated rings.